The van der Waals surface area contributed by atoms with E-state index in [-0.39, 0.29) is 11.8 Å². The monoisotopic (exact) mass is 239 g/mol. The van der Waals surface area contributed by atoms with Crippen molar-refractivity contribution in [2.24, 2.45) is 5.92 Å². The molecule has 1 saturated heterocycles. The summed E-state index contributed by atoms with van der Waals surface area (Å²) in [5, 5.41) is 6.02. The summed E-state index contributed by atoms with van der Waals surface area (Å²) in [6.45, 7) is 10.9. The van der Waals surface area contributed by atoms with Gasteiger partial charge in [0.1, 0.15) is 0 Å². The summed E-state index contributed by atoms with van der Waals surface area (Å²) in [4.78, 5) is 13.9. The van der Waals surface area contributed by atoms with Crippen LogP contribution in [0.5, 0.6) is 0 Å². The molecule has 1 rings (SSSR count). The van der Waals surface area contributed by atoms with Crippen molar-refractivity contribution in [1.82, 2.24) is 15.5 Å². The molecule has 0 aromatic carbocycles. The van der Waals surface area contributed by atoms with Gasteiger partial charge in [0.2, 0.25) is 5.91 Å². The van der Waals surface area contributed by atoms with Gasteiger partial charge in [-0.25, -0.2) is 0 Å². The molecule has 1 aliphatic heterocycles. The quantitative estimate of drug-likeness (QED) is 0.668. The second kappa shape index (κ2) is 7.45. The molecule has 0 aromatic heterocycles. The fraction of sp³-hybridized carbons (Fsp3) is 0.769. The van der Waals surface area contributed by atoms with Crippen molar-refractivity contribution in [3.8, 4) is 0 Å². The Hall–Kier alpha value is -0.870. The summed E-state index contributed by atoms with van der Waals surface area (Å²) < 4.78 is 0. The highest BCUT2D eigenvalue weighted by Gasteiger charge is 2.24. The summed E-state index contributed by atoms with van der Waals surface area (Å²) in [5.41, 5.74) is 1.20. The fourth-order valence-electron chi connectivity index (χ4n) is 2.29. The largest absolute Gasteiger partial charge is 0.359 e. The first kappa shape index (κ1) is 14.2. The van der Waals surface area contributed by atoms with Gasteiger partial charge >= 0.3 is 0 Å². The Morgan fingerprint density at radius 1 is 1.53 bits per heavy atom. The van der Waals surface area contributed by atoms with Crippen LogP contribution in [0.4, 0.5) is 0 Å². The maximum absolute atomic E-state index is 11.6. The third-order valence-electron chi connectivity index (χ3n) is 3.19. The molecular formula is C13H25N3O. The normalized spacial score (nSPS) is 21.2. The van der Waals surface area contributed by atoms with Crippen LogP contribution in [-0.4, -0.2) is 50.6 Å². The van der Waals surface area contributed by atoms with E-state index >= 15 is 0 Å². The van der Waals surface area contributed by atoms with Crippen molar-refractivity contribution >= 4 is 5.91 Å². The van der Waals surface area contributed by atoms with Crippen molar-refractivity contribution in [3.63, 3.8) is 0 Å². The summed E-state index contributed by atoms with van der Waals surface area (Å²) in [6, 6.07) is 0. The SMILES string of the molecule is C=C(CNCC)CN1CCCC(C(=O)NC)C1. The zero-order chi connectivity index (χ0) is 12.7. The number of carbonyl (C=O) groups excluding carboxylic acids is 1. The number of nitrogens with one attached hydrogen (secondary N) is 2. The van der Waals surface area contributed by atoms with E-state index in [1.807, 2.05) is 0 Å². The van der Waals surface area contributed by atoms with Crippen LogP contribution in [0.15, 0.2) is 12.2 Å². The molecule has 0 aliphatic carbocycles. The van der Waals surface area contributed by atoms with E-state index in [2.05, 4.69) is 29.0 Å². The van der Waals surface area contributed by atoms with Crippen molar-refractivity contribution < 1.29 is 4.79 Å². The molecule has 0 bridgehead atoms. The Morgan fingerprint density at radius 2 is 2.29 bits per heavy atom. The van der Waals surface area contributed by atoms with Gasteiger partial charge in [0.15, 0.2) is 0 Å². The van der Waals surface area contributed by atoms with Gasteiger partial charge in [0.05, 0.1) is 5.92 Å². The summed E-state index contributed by atoms with van der Waals surface area (Å²) in [6.07, 6.45) is 2.11. The average Bonchev–Trinajstić information content (AvgIpc) is 2.35. The Balaban J connectivity index is 2.34. The minimum atomic E-state index is 0.153. The van der Waals surface area contributed by atoms with Crippen molar-refractivity contribution in [3.05, 3.63) is 12.2 Å². The third kappa shape index (κ3) is 4.88. The molecule has 0 aromatic rings. The van der Waals surface area contributed by atoms with Crippen molar-refractivity contribution in [2.45, 2.75) is 19.8 Å². The first-order chi connectivity index (χ1) is 8.17. The first-order valence-corrected chi connectivity index (χ1v) is 6.48. The topological polar surface area (TPSA) is 44.4 Å². The van der Waals surface area contributed by atoms with Crippen molar-refractivity contribution in [1.29, 1.82) is 0 Å². The van der Waals surface area contributed by atoms with Gasteiger partial charge in [-0.2, -0.15) is 0 Å². The van der Waals surface area contributed by atoms with Crippen molar-refractivity contribution in [2.75, 3.05) is 39.8 Å². The third-order valence-corrected chi connectivity index (χ3v) is 3.19. The molecule has 98 valence electrons. The van der Waals surface area contributed by atoms with E-state index in [1.54, 1.807) is 7.05 Å². The Labute approximate surface area is 104 Å². The molecular weight excluding hydrogens is 214 g/mol. The number of rotatable bonds is 6. The number of hydrogen-bond donors (Lipinski definition) is 2. The second-order valence-electron chi connectivity index (χ2n) is 4.72. The molecule has 4 heteroatoms. The standard InChI is InChI=1S/C13H25N3O/c1-4-15-8-11(2)9-16-7-5-6-12(10-16)13(17)14-3/h12,15H,2,4-10H2,1,3H3,(H,14,17). The van der Waals surface area contributed by atoms with E-state index in [0.717, 1.165) is 45.6 Å². The van der Waals surface area contributed by atoms with Crippen LogP contribution < -0.4 is 10.6 Å². The molecule has 4 nitrogen and oxygen atoms in total. The number of nitrogens with zero attached hydrogens (tertiary/aromatic N) is 1. The molecule has 0 spiro atoms. The molecule has 1 fully saturated rings. The van der Waals surface area contributed by atoms with Crippen LogP contribution in [0.1, 0.15) is 19.8 Å². The van der Waals surface area contributed by atoms with Gasteiger partial charge in [0, 0.05) is 26.7 Å². The predicted octanol–water partition coefficient (Wildman–Crippen LogP) is 0.610. The molecule has 0 radical (unpaired) electrons. The van der Waals surface area contributed by atoms with Gasteiger partial charge in [-0.3, -0.25) is 9.69 Å². The molecule has 0 saturated carbocycles. The number of hydrogen-bond acceptors (Lipinski definition) is 3. The number of likely N-dealkylation sites (tertiary alicyclic amines) is 1. The predicted molar refractivity (Wildman–Crippen MR) is 70.9 cm³/mol. The lowest BCUT2D eigenvalue weighted by atomic mass is 9.97. The maximum atomic E-state index is 11.6. The number of carbonyl (C=O) groups is 1. The average molecular weight is 239 g/mol. The van der Waals surface area contributed by atoms with Crippen LogP contribution in [-0.2, 0) is 4.79 Å². The van der Waals surface area contributed by atoms with Crippen LogP contribution in [0.3, 0.4) is 0 Å². The Bertz CT molecular complexity index is 265. The highest BCUT2D eigenvalue weighted by molar-refractivity contribution is 5.78. The fourth-order valence-corrected chi connectivity index (χ4v) is 2.29. The van der Waals surface area contributed by atoms with Crippen LogP contribution in [0, 0.1) is 5.92 Å². The number of amides is 1. The zero-order valence-corrected chi connectivity index (χ0v) is 11.1. The lowest BCUT2D eigenvalue weighted by Gasteiger charge is -2.32. The van der Waals surface area contributed by atoms with Gasteiger partial charge < -0.3 is 10.6 Å². The van der Waals surface area contributed by atoms with Crippen LogP contribution >= 0.6 is 0 Å². The van der Waals surface area contributed by atoms with E-state index in [1.165, 1.54) is 5.57 Å². The van der Waals surface area contributed by atoms with Gasteiger partial charge in [-0.15, -0.1) is 0 Å². The highest BCUT2D eigenvalue weighted by atomic mass is 16.1. The van der Waals surface area contributed by atoms with Crippen LogP contribution in [0.25, 0.3) is 0 Å². The molecule has 2 N–H and O–H groups in total. The molecule has 1 atom stereocenters. The lowest BCUT2D eigenvalue weighted by molar-refractivity contribution is -0.126. The molecule has 1 amide bonds. The van der Waals surface area contributed by atoms with Crippen LogP contribution in [0.2, 0.25) is 0 Å². The van der Waals surface area contributed by atoms with E-state index in [9.17, 15) is 4.79 Å². The van der Waals surface area contributed by atoms with Gasteiger partial charge in [-0.05, 0) is 31.5 Å². The molecule has 17 heavy (non-hydrogen) atoms. The Kier molecular flexibility index (Phi) is 6.22. The highest BCUT2D eigenvalue weighted by Crippen LogP contribution is 2.17. The molecule has 1 unspecified atom stereocenters. The zero-order valence-electron chi connectivity index (χ0n) is 11.1. The number of likely N-dealkylation sites (N-methyl/N-ethyl adjacent to an activating group) is 1. The number of piperidine rings is 1. The first-order valence-electron chi connectivity index (χ1n) is 6.48. The summed E-state index contributed by atoms with van der Waals surface area (Å²) >= 11 is 0. The second-order valence-corrected chi connectivity index (χ2v) is 4.72. The minimum Gasteiger partial charge on any atom is -0.359 e. The minimum absolute atomic E-state index is 0.153. The summed E-state index contributed by atoms with van der Waals surface area (Å²) in [5.74, 6) is 0.327. The van der Waals surface area contributed by atoms with E-state index < -0.39 is 0 Å². The van der Waals surface area contributed by atoms with Gasteiger partial charge in [-0.1, -0.05) is 13.5 Å². The van der Waals surface area contributed by atoms with E-state index in [0.29, 0.717) is 0 Å². The maximum Gasteiger partial charge on any atom is 0.224 e. The Morgan fingerprint density at radius 3 is 2.94 bits per heavy atom. The molecule has 1 heterocycles. The summed E-state index contributed by atoms with van der Waals surface area (Å²) in [7, 11) is 1.71. The van der Waals surface area contributed by atoms with Gasteiger partial charge in [0.25, 0.3) is 0 Å². The molecule has 1 aliphatic rings. The lowest BCUT2D eigenvalue weighted by Crippen LogP contribution is -2.43. The smallest absolute Gasteiger partial charge is 0.224 e. The van der Waals surface area contributed by atoms with E-state index in [4.69, 9.17) is 0 Å².